The summed E-state index contributed by atoms with van der Waals surface area (Å²) in [5.74, 6) is -0.0941. The highest BCUT2D eigenvalue weighted by Gasteiger charge is 2.13. The van der Waals surface area contributed by atoms with Crippen LogP contribution in [-0.2, 0) is 20.9 Å². The van der Waals surface area contributed by atoms with Crippen molar-refractivity contribution in [2.75, 3.05) is 19.8 Å². The molecule has 0 saturated carbocycles. The summed E-state index contributed by atoms with van der Waals surface area (Å²) in [6.45, 7) is 4.58. The number of rotatable bonds is 10. The molecule has 9 heteroatoms. The van der Waals surface area contributed by atoms with Crippen molar-refractivity contribution in [2.45, 2.75) is 32.9 Å². The molecule has 0 aromatic carbocycles. The molecule has 0 spiro atoms. The van der Waals surface area contributed by atoms with E-state index < -0.39 is 0 Å². The summed E-state index contributed by atoms with van der Waals surface area (Å²) in [4.78, 5) is 27.3. The van der Waals surface area contributed by atoms with Crippen LogP contribution in [0.2, 0.25) is 0 Å². The van der Waals surface area contributed by atoms with Crippen molar-refractivity contribution < 1.29 is 14.3 Å². The Hall–Kier alpha value is -1.41. The smallest absolute Gasteiger partial charge is 0.246 e. The molecule has 0 fully saturated rings. The number of nitrogens with two attached hydrogens (primary N) is 1. The third-order valence-corrected chi connectivity index (χ3v) is 3.08. The van der Waals surface area contributed by atoms with Crippen LogP contribution < -0.4 is 16.4 Å². The van der Waals surface area contributed by atoms with Gasteiger partial charge in [0, 0.05) is 31.5 Å². The van der Waals surface area contributed by atoms with E-state index in [0.29, 0.717) is 19.0 Å². The molecule has 7 nitrogen and oxygen atoms in total. The van der Waals surface area contributed by atoms with Gasteiger partial charge in [-0.15, -0.1) is 24.8 Å². The molecule has 1 unspecified atom stereocenters. The van der Waals surface area contributed by atoms with E-state index in [0.717, 1.165) is 12.0 Å². The fourth-order valence-corrected chi connectivity index (χ4v) is 2.04. The molecule has 1 rings (SSSR count). The predicted octanol–water partition coefficient (Wildman–Crippen LogP) is 1.05. The summed E-state index contributed by atoms with van der Waals surface area (Å²) in [5.41, 5.74) is 6.52. The van der Waals surface area contributed by atoms with E-state index in [1.54, 1.807) is 18.5 Å². The molecule has 1 aromatic rings. The van der Waals surface area contributed by atoms with Crippen LogP contribution in [-0.4, -0.2) is 42.6 Å². The zero-order valence-electron chi connectivity index (χ0n) is 14.6. The van der Waals surface area contributed by atoms with Crippen LogP contribution in [0.1, 0.15) is 25.8 Å². The van der Waals surface area contributed by atoms with Crippen LogP contribution in [0.4, 0.5) is 0 Å². The van der Waals surface area contributed by atoms with Gasteiger partial charge in [0.15, 0.2) is 0 Å². The Morgan fingerprint density at radius 2 is 1.92 bits per heavy atom. The van der Waals surface area contributed by atoms with Crippen LogP contribution in [0.3, 0.4) is 0 Å². The van der Waals surface area contributed by atoms with Gasteiger partial charge in [0.1, 0.15) is 13.2 Å². The zero-order chi connectivity index (χ0) is 17.1. The van der Waals surface area contributed by atoms with Crippen LogP contribution in [0.5, 0.6) is 0 Å². The molecule has 0 aliphatic carbocycles. The second-order valence-electron chi connectivity index (χ2n) is 5.76. The first-order chi connectivity index (χ1) is 11.0. The van der Waals surface area contributed by atoms with Gasteiger partial charge in [-0.1, -0.05) is 19.9 Å². The van der Waals surface area contributed by atoms with Gasteiger partial charge in [0.2, 0.25) is 11.8 Å². The highest BCUT2D eigenvalue weighted by molar-refractivity contribution is 5.85. The first-order valence-electron chi connectivity index (χ1n) is 7.74. The van der Waals surface area contributed by atoms with E-state index in [2.05, 4.69) is 29.5 Å². The quantitative estimate of drug-likeness (QED) is 0.549. The molecular formula is C16H28Cl2N4O3. The maximum Gasteiger partial charge on any atom is 0.246 e. The molecule has 0 radical (unpaired) electrons. The highest BCUT2D eigenvalue weighted by Crippen LogP contribution is 2.03. The number of pyridine rings is 1. The zero-order valence-corrected chi connectivity index (χ0v) is 16.2. The summed E-state index contributed by atoms with van der Waals surface area (Å²) in [7, 11) is 0. The molecule has 1 heterocycles. The molecule has 2 amide bonds. The molecule has 25 heavy (non-hydrogen) atoms. The van der Waals surface area contributed by atoms with Gasteiger partial charge in [-0.25, -0.2) is 0 Å². The number of halogens is 2. The summed E-state index contributed by atoms with van der Waals surface area (Å²) < 4.78 is 5.12. The van der Waals surface area contributed by atoms with Crippen molar-refractivity contribution >= 4 is 36.6 Å². The van der Waals surface area contributed by atoms with E-state index >= 15 is 0 Å². The fraction of sp³-hybridized carbons (Fsp3) is 0.562. The summed E-state index contributed by atoms with van der Waals surface area (Å²) >= 11 is 0. The van der Waals surface area contributed by atoms with Gasteiger partial charge in [0.25, 0.3) is 0 Å². The molecule has 0 aliphatic heterocycles. The molecule has 0 aliphatic rings. The van der Waals surface area contributed by atoms with Crippen LogP contribution in [0.25, 0.3) is 0 Å². The van der Waals surface area contributed by atoms with Gasteiger partial charge in [-0.05, 0) is 24.0 Å². The van der Waals surface area contributed by atoms with E-state index in [4.69, 9.17) is 10.5 Å². The predicted molar refractivity (Wildman–Crippen MR) is 102 cm³/mol. The Labute approximate surface area is 161 Å². The minimum absolute atomic E-state index is 0. The monoisotopic (exact) mass is 394 g/mol. The Morgan fingerprint density at radius 1 is 1.24 bits per heavy atom. The largest absolute Gasteiger partial charge is 0.362 e. The topological polar surface area (TPSA) is 106 Å². The Morgan fingerprint density at radius 3 is 2.48 bits per heavy atom. The number of nitrogens with zero attached hydrogens (tertiary/aromatic N) is 1. The van der Waals surface area contributed by atoms with Crippen molar-refractivity contribution in [2.24, 2.45) is 11.7 Å². The maximum atomic E-state index is 11.7. The Kier molecular flexibility index (Phi) is 15.4. The number of carbonyl (C=O) groups is 2. The van der Waals surface area contributed by atoms with Gasteiger partial charge < -0.3 is 21.1 Å². The van der Waals surface area contributed by atoms with Crippen molar-refractivity contribution in [1.29, 1.82) is 0 Å². The molecule has 0 bridgehead atoms. The number of hydrogen-bond donors (Lipinski definition) is 3. The van der Waals surface area contributed by atoms with E-state index in [9.17, 15) is 9.59 Å². The first kappa shape index (κ1) is 25.8. The van der Waals surface area contributed by atoms with Crippen molar-refractivity contribution in [3.63, 3.8) is 0 Å². The average Bonchev–Trinajstić information content (AvgIpc) is 2.52. The SMILES string of the molecule is CC(C)CC(CN)NC(=O)COCC(=O)NCc1cccnc1.Cl.Cl. The Bertz CT molecular complexity index is 490. The van der Waals surface area contributed by atoms with Gasteiger partial charge in [0.05, 0.1) is 0 Å². The van der Waals surface area contributed by atoms with E-state index in [1.807, 2.05) is 6.07 Å². The number of ether oxygens (including phenoxy) is 1. The fourth-order valence-electron chi connectivity index (χ4n) is 2.04. The lowest BCUT2D eigenvalue weighted by Crippen LogP contribution is -2.43. The van der Waals surface area contributed by atoms with Crippen molar-refractivity contribution in [3.05, 3.63) is 30.1 Å². The average molecular weight is 395 g/mol. The van der Waals surface area contributed by atoms with Gasteiger partial charge in [-0.2, -0.15) is 0 Å². The minimum Gasteiger partial charge on any atom is -0.362 e. The molecule has 1 aromatic heterocycles. The minimum atomic E-state index is -0.279. The normalized spacial score (nSPS) is 11.0. The number of nitrogens with one attached hydrogen (secondary N) is 2. The summed E-state index contributed by atoms with van der Waals surface area (Å²) in [6, 6.07) is 3.60. The lowest BCUT2D eigenvalue weighted by Gasteiger charge is -2.18. The third kappa shape index (κ3) is 12.6. The summed E-state index contributed by atoms with van der Waals surface area (Å²) in [6.07, 6.45) is 4.16. The third-order valence-electron chi connectivity index (χ3n) is 3.08. The molecule has 4 N–H and O–H groups in total. The molecular weight excluding hydrogens is 367 g/mol. The van der Waals surface area contributed by atoms with Crippen LogP contribution in [0, 0.1) is 5.92 Å². The van der Waals surface area contributed by atoms with Crippen LogP contribution in [0.15, 0.2) is 24.5 Å². The second-order valence-corrected chi connectivity index (χ2v) is 5.76. The van der Waals surface area contributed by atoms with Crippen molar-refractivity contribution in [1.82, 2.24) is 15.6 Å². The number of carbonyl (C=O) groups excluding carboxylic acids is 2. The molecule has 144 valence electrons. The Balaban J connectivity index is 0. The van der Waals surface area contributed by atoms with E-state index in [-0.39, 0.29) is 55.9 Å². The first-order valence-corrected chi connectivity index (χ1v) is 7.74. The molecule has 0 saturated heterocycles. The van der Waals surface area contributed by atoms with Crippen molar-refractivity contribution in [3.8, 4) is 0 Å². The lowest BCUT2D eigenvalue weighted by molar-refractivity contribution is -0.131. The number of aromatic nitrogens is 1. The van der Waals surface area contributed by atoms with E-state index in [1.165, 1.54) is 0 Å². The van der Waals surface area contributed by atoms with Gasteiger partial charge >= 0.3 is 0 Å². The van der Waals surface area contributed by atoms with Gasteiger partial charge in [-0.3, -0.25) is 14.6 Å². The second kappa shape index (κ2) is 14.9. The highest BCUT2D eigenvalue weighted by atomic mass is 35.5. The lowest BCUT2D eigenvalue weighted by atomic mass is 10.0. The standard InChI is InChI=1S/C16H26N4O3.2ClH/c1-12(2)6-14(7-17)20-16(22)11-23-10-15(21)19-9-13-4-3-5-18-8-13;;/h3-5,8,12,14H,6-7,9-11,17H2,1-2H3,(H,19,21)(H,20,22);2*1H. The summed E-state index contributed by atoms with van der Waals surface area (Å²) in [5, 5.41) is 5.50. The number of hydrogen-bond acceptors (Lipinski definition) is 5. The maximum absolute atomic E-state index is 11.7. The molecule has 1 atom stereocenters. The number of amides is 2. The van der Waals surface area contributed by atoms with Crippen LogP contribution >= 0.6 is 24.8 Å².